The van der Waals surface area contributed by atoms with Crippen LogP contribution in [0.25, 0.3) is 11.4 Å². The van der Waals surface area contributed by atoms with Crippen LogP contribution in [0.15, 0.2) is 16.6 Å². The molecule has 0 atom stereocenters. The highest BCUT2D eigenvalue weighted by molar-refractivity contribution is 7.99. The molecule has 31 heavy (non-hydrogen) atoms. The summed E-state index contributed by atoms with van der Waals surface area (Å²) in [5, 5.41) is 14.8. The molecule has 10 heteroatoms. The number of thiophene rings is 2. The van der Waals surface area contributed by atoms with Crippen molar-refractivity contribution in [2.24, 2.45) is 0 Å². The first-order chi connectivity index (χ1) is 14.9. The topological polar surface area (TPSA) is 86.1 Å². The van der Waals surface area contributed by atoms with E-state index in [1.165, 1.54) is 35.1 Å². The normalized spacial score (nSPS) is 11.0. The molecule has 1 N–H and O–H groups in total. The van der Waals surface area contributed by atoms with Gasteiger partial charge in [0.1, 0.15) is 5.00 Å². The van der Waals surface area contributed by atoms with E-state index in [1.807, 2.05) is 25.3 Å². The Kier molecular flexibility index (Phi) is 7.90. The highest BCUT2D eigenvalue weighted by Crippen LogP contribution is 2.33. The Balaban J connectivity index is 1.70. The maximum absolute atomic E-state index is 12.6. The number of thioether (sulfide) groups is 1. The van der Waals surface area contributed by atoms with Crippen LogP contribution in [-0.4, -0.2) is 39.5 Å². The number of nitrogens with zero attached hydrogens (tertiary/aromatic N) is 3. The molecule has 0 fully saturated rings. The molecule has 0 aliphatic carbocycles. The summed E-state index contributed by atoms with van der Waals surface area (Å²) in [5.41, 5.74) is 2.31. The van der Waals surface area contributed by atoms with Gasteiger partial charge in [0.2, 0.25) is 5.91 Å². The lowest BCUT2D eigenvalue weighted by molar-refractivity contribution is -0.113. The zero-order valence-electron chi connectivity index (χ0n) is 18.3. The van der Waals surface area contributed by atoms with Crippen molar-refractivity contribution in [3.05, 3.63) is 32.3 Å². The van der Waals surface area contributed by atoms with E-state index in [2.05, 4.69) is 33.9 Å². The summed E-state index contributed by atoms with van der Waals surface area (Å²) < 4.78 is 6.89. The maximum Gasteiger partial charge on any atom is 0.341 e. The monoisotopic (exact) mass is 478 g/mol. The third-order valence-corrected chi connectivity index (χ3v) is 7.89. The Morgan fingerprint density at radius 3 is 2.71 bits per heavy atom. The van der Waals surface area contributed by atoms with Crippen LogP contribution in [0.5, 0.6) is 0 Å². The summed E-state index contributed by atoms with van der Waals surface area (Å²) in [7, 11) is 1.34. The van der Waals surface area contributed by atoms with E-state index >= 15 is 0 Å². The first kappa shape index (κ1) is 23.5. The summed E-state index contributed by atoms with van der Waals surface area (Å²) >= 11 is 4.44. The minimum Gasteiger partial charge on any atom is -0.465 e. The van der Waals surface area contributed by atoms with E-state index in [0.29, 0.717) is 22.3 Å². The highest BCUT2D eigenvalue weighted by Gasteiger charge is 2.22. The van der Waals surface area contributed by atoms with E-state index in [-0.39, 0.29) is 11.7 Å². The van der Waals surface area contributed by atoms with Gasteiger partial charge in [-0.05, 0) is 38.8 Å². The molecule has 0 saturated heterocycles. The second kappa shape index (κ2) is 10.4. The lowest BCUT2D eigenvalue weighted by atomic mass is 10.1. The van der Waals surface area contributed by atoms with Gasteiger partial charge in [-0.2, -0.15) is 0 Å². The van der Waals surface area contributed by atoms with Crippen molar-refractivity contribution in [1.82, 2.24) is 14.8 Å². The molecule has 0 aliphatic heterocycles. The van der Waals surface area contributed by atoms with Crippen LogP contribution in [0.3, 0.4) is 0 Å². The lowest BCUT2D eigenvalue weighted by Gasteiger charge is -2.07. The summed E-state index contributed by atoms with van der Waals surface area (Å²) in [4.78, 5) is 27.0. The number of amides is 1. The molecule has 166 valence electrons. The van der Waals surface area contributed by atoms with Crippen molar-refractivity contribution < 1.29 is 14.3 Å². The average molecular weight is 479 g/mol. The second-order valence-electron chi connectivity index (χ2n) is 6.92. The van der Waals surface area contributed by atoms with Gasteiger partial charge in [-0.15, -0.1) is 32.9 Å². The minimum atomic E-state index is -0.446. The van der Waals surface area contributed by atoms with Gasteiger partial charge >= 0.3 is 5.97 Å². The molecule has 0 spiro atoms. The molecule has 3 aromatic rings. The first-order valence-electron chi connectivity index (χ1n) is 10.0. The number of esters is 1. The predicted octanol–water partition coefficient (Wildman–Crippen LogP) is 5.17. The number of anilines is 1. The number of rotatable bonds is 9. The largest absolute Gasteiger partial charge is 0.465 e. The van der Waals surface area contributed by atoms with Crippen molar-refractivity contribution in [3.63, 3.8) is 0 Å². The fourth-order valence-electron chi connectivity index (χ4n) is 3.13. The van der Waals surface area contributed by atoms with Crippen LogP contribution in [0.4, 0.5) is 5.00 Å². The number of hydrogen-bond acceptors (Lipinski definition) is 8. The molecular weight excluding hydrogens is 452 g/mol. The van der Waals surface area contributed by atoms with E-state index in [0.717, 1.165) is 34.7 Å². The Bertz CT molecular complexity index is 1080. The van der Waals surface area contributed by atoms with Gasteiger partial charge in [0.15, 0.2) is 11.0 Å². The standard InChI is InChI=1S/C21H26N4O3S3/c1-6-8-15-9-14(10-29-15)18-23-24-21(25(18)7-2)30-11-16(26)22-19-17(20(27)28-5)12(3)13(4)31-19/h9-10H,6-8,11H2,1-5H3,(H,22,26). The van der Waals surface area contributed by atoms with Crippen molar-refractivity contribution in [3.8, 4) is 11.4 Å². The summed E-state index contributed by atoms with van der Waals surface area (Å²) in [6.45, 7) is 8.68. The number of aromatic nitrogens is 3. The van der Waals surface area contributed by atoms with Crippen LogP contribution in [-0.2, 0) is 22.5 Å². The molecular formula is C21H26N4O3S3. The minimum absolute atomic E-state index is 0.166. The molecule has 0 saturated carbocycles. The SMILES string of the molecule is CCCc1cc(-c2nnc(SCC(=O)Nc3sc(C)c(C)c3C(=O)OC)n2CC)cs1. The molecule has 0 bridgehead atoms. The Morgan fingerprint density at radius 2 is 2.03 bits per heavy atom. The first-order valence-corrected chi connectivity index (χ1v) is 12.7. The van der Waals surface area contributed by atoms with Gasteiger partial charge in [-0.3, -0.25) is 4.79 Å². The third kappa shape index (κ3) is 5.19. The summed E-state index contributed by atoms with van der Waals surface area (Å²) in [5.74, 6) is 0.337. The van der Waals surface area contributed by atoms with Crippen molar-refractivity contribution in [1.29, 1.82) is 0 Å². The molecule has 3 rings (SSSR count). The van der Waals surface area contributed by atoms with Crippen LogP contribution in [0.1, 0.15) is 45.9 Å². The zero-order chi connectivity index (χ0) is 22.5. The molecule has 0 aliphatic rings. The fraction of sp³-hybridized carbons (Fsp3) is 0.429. The molecule has 3 heterocycles. The third-order valence-electron chi connectivity index (χ3n) is 4.80. The van der Waals surface area contributed by atoms with Crippen LogP contribution in [0, 0.1) is 13.8 Å². The van der Waals surface area contributed by atoms with E-state index in [1.54, 1.807) is 11.3 Å². The quantitative estimate of drug-likeness (QED) is 0.337. The van der Waals surface area contributed by atoms with Crippen molar-refractivity contribution in [2.45, 2.75) is 52.2 Å². The Labute approximate surface area is 194 Å². The van der Waals surface area contributed by atoms with Gasteiger partial charge < -0.3 is 14.6 Å². The fourth-order valence-corrected chi connectivity index (χ4v) is 5.96. The second-order valence-corrected chi connectivity index (χ2v) is 10.1. The Morgan fingerprint density at radius 1 is 1.26 bits per heavy atom. The molecule has 7 nitrogen and oxygen atoms in total. The molecule has 1 amide bonds. The molecule has 0 aromatic carbocycles. The number of nitrogens with one attached hydrogen (secondary N) is 1. The van der Waals surface area contributed by atoms with Gasteiger partial charge in [-0.25, -0.2) is 4.79 Å². The van der Waals surface area contributed by atoms with E-state index in [9.17, 15) is 9.59 Å². The van der Waals surface area contributed by atoms with E-state index in [4.69, 9.17) is 4.74 Å². The predicted molar refractivity (Wildman–Crippen MR) is 127 cm³/mol. The smallest absolute Gasteiger partial charge is 0.341 e. The highest BCUT2D eigenvalue weighted by atomic mass is 32.2. The van der Waals surface area contributed by atoms with Crippen LogP contribution >= 0.6 is 34.4 Å². The molecule has 0 unspecified atom stereocenters. The summed E-state index contributed by atoms with van der Waals surface area (Å²) in [6, 6.07) is 2.17. The van der Waals surface area contributed by atoms with Gasteiger partial charge in [0.05, 0.1) is 18.4 Å². The van der Waals surface area contributed by atoms with Gasteiger partial charge in [0.25, 0.3) is 0 Å². The summed E-state index contributed by atoms with van der Waals surface area (Å²) in [6.07, 6.45) is 2.17. The van der Waals surface area contributed by atoms with Crippen LogP contribution < -0.4 is 5.32 Å². The molecule has 0 radical (unpaired) electrons. The Hall–Kier alpha value is -2.17. The number of carbonyl (C=O) groups excluding carboxylic acids is 2. The average Bonchev–Trinajstić information content (AvgIpc) is 3.44. The van der Waals surface area contributed by atoms with E-state index < -0.39 is 5.97 Å². The van der Waals surface area contributed by atoms with Crippen molar-refractivity contribution in [2.75, 3.05) is 18.2 Å². The van der Waals surface area contributed by atoms with Gasteiger partial charge in [-0.1, -0.05) is 25.1 Å². The molecule has 3 aromatic heterocycles. The zero-order valence-corrected chi connectivity index (χ0v) is 20.7. The van der Waals surface area contributed by atoms with Gasteiger partial charge in [0, 0.05) is 27.2 Å². The van der Waals surface area contributed by atoms with Crippen molar-refractivity contribution >= 4 is 51.3 Å². The number of carbonyl (C=O) groups is 2. The number of aryl methyl sites for hydroxylation is 2. The number of ether oxygens (including phenoxy) is 1. The lowest BCUT2D eigenvalue weighted by Crippen LogP contribution is -2.16. The van der Waals surface area contributed by atoms with Crippen LogP contribution in [0.2, 0.25) is 0 Å². The number of hydrogen-bond donors (Lipinski definition) is 1. The number of methoxy groups -OCH3 is 1. The maximum atomic E-state index is 12.6.